The van der Waals surface area contributed by atoms with Crippen LogP contribution in [0.5, 0.6) is 0 Å². The molecule has 25 heavy (non-hydrogen) atoms. The zero-order valence-electron chi connectivity index (χ0n) is 15.2. The Morgan fingerprint density at radius 2 is 1.76 bits per heavy atom. The Labute approximate surface area is 150 Å². The minimum absolute atomic E-state index is 0.0718. The highest BCUT2D eigenvalue weighted by Gasteiger charge is 2.34. The maximum Gasteiger partial charge on any atom is 0.0707 e. The van der Waals surface area contributed by atoms with E-state index in [-0.39, 0.29) is 11.6 Å². The Balaban J connectivity index is 1.71. The van der Waals surface area contributed by atoms with E-state index in [0.717, 1.165) is 19.4 Å². The van der Waals surface area contributed by atoms with E-state index in [1.54, 1.807) is 0 Å². The van der Waals surface area contributed by atoms with E-state index in [1.165, 1.54) is 16.7 Å². The predicted octanol–water partition coefficient (Wildman–Crippen LogP) is 3.49. The van der Waals surface area contributed by atoms with Crippen molar-refractivity contribution < 1.29 is 10.2 Å². The molecule has 0 saturated carbocycles. The van der Waals surface area contributed by atoms with Crippen molar-refractivity contribution in [3.05, 3.63) is 60.2 Å². The van der Waals surface area contributed by atoms with Crippen LogP contribution in [0.25, 0.3) is 11.1 Å². The molecule has 1 fully saturated rings. The third kappa shape index (κ3) is 4.49. The summed E-state index contributed by atoms with van der Waals surface area (Å²) in [6, 6.07) is 18.7. The van der Waals surface area contributed by atoms with Gasteiger partial charge < -0.3 is 10.2 Å². The molecule has 2 unspecified atom stereocenters. The Morgan fingerprint density at radius 3 is 2.48 bits per heavy atom. The highest BCUT2D eigenvalue weighted by Crippen LogP contribution is 2.29. The van der Waals surface area contributed by atoms with E-state index in [1.807, 2.05) is 30.3 Å². The van der Waals surface area contributed by atoms with Crippen LogP contribution in [0.3, 0.4) is 0 Å². The van der Waals surface area contributed by atoms with Gasteiger partial charge >= 0.3 is 0 Å². The summed E-state index contributed by atoms with van der Waals surface area (Å²) in [7, 11) is 0. The van der Waals surface area contributed by atoms with Crippen molar-refractivity contribution in [2.45, 2.75) is 50.9 Å². The molecule has 0 amide bonds. The van der Waals surface area contributed by atoms with Crippen LogP contribution in [0.4, 0.5) is 0 Å². The standard InChI is InChI=1S/C22H29NO2/c1-22(2)15-19(24)12-13-23(22)16-20(25)14-18-10-6-7-11-21(18)17-8-4-3-5-9-17/h3-11,19-20,24-25H,12-16H2,1-2H3. The maximum absolute atomic E-state index is 10.7. The SMILES string of the molecule is CC1(C)CC(O)CCN1CC(O)Cc1ccccc1-c1ccccc1. The van der Waals surface area contributed by atoms with Gasteiger partial charge in [-0.05, 0) is 43.4 Å². The summed E-state index contributed by atoms with van der Waals surface area (Å²) in [6.45, 7) is 5.79. The van der Waals surface area contributed by atoms with Gasteiger partial charge in [-0.25, -0.2) is 0 Å². The Kier molecular flexibility index (Phi) is 5.57. The minimum Gasteiger partial charge on any atom is -0.393 e. The second-order valence-corrected chi connectivity index (χ2v) is 7.79. The van der Waals surface area contributed by atoms with Gasteiger partial charge in [0, 0.05) is 25.0 Å². The highest BCUT2D eigenvalue weighted by atomic mass is 16.3. The second-order valence-electron chi connectivity index (χ2n) is 7.79. The molecule has 1 aliphatic rings. The summed E-state index contributed by atoms with van der Waals surface area (Å²) >= 11 is 0. The van der Waals surface area contributed by atoms with Crippen molar-refractivity contribution in [1.29, 1.82) is 0 Å². The molecule has 0 spiro atoms. The van der Waals surface area contributed by atoms with Gasteiger partial charge in [-0.2, -0.15) is 0 Å². The quantitative estimate of drug-likeness (QED) is 0.876. The number of piperidine rings is 1. The minimum atomic E-state index is -0.417. The lowest BCUT2D eigenvalue weighted by Gasteiger charge is -2.45. The van der Waals surface area contributed by atoms with Crippen LogP contribution < -0.4 is 0 Å². The molecule has 0 bridgehead atoms. The largest absolute Gasteiger partial charge is 0.393 e. The molecule has 2 aromatic carbocycles. The lowest BCUT2D eigenvalue weighted by atomic mass is 9.87. The molecule has 2 aromatic rings. The van der Waals surface area contributed by atoms with Crippen LogP contribution in [-0.4, -0.2) is 45.9 Å². The molecule has 3 heteroatoms. The first-order valence-corrected chi connectivity index (χ1v) is 9.20. The molecule has 1 heterocycles. The van der Waals surface area contributed by atoms with Crippen LogP contribution >= 0.6 is 0 Å². The van der Waals surface area contributed by atoms with Crippen molar-refractivity contribution in [2.75, 3.05) is 13.1 Å². The normalized spacial score (nSPS) is 21.8. The summed E-state index contributed by atoms with van der Waals surface area (Å²) in [4.78, 5) is 2.31. The molecule has 0 aliphatic carbocycles. The number of rotatable bonds is 5. The van der Waals surface area contributed by atoms with E-state index in [4.69, 9.17) is 0 Å². The molecule has 2 atom stereocenters. The first-order valence-electron chi connectivity index (χ1n) is 9.20. The second kappa shape index (κ2) is 7.69. The highest BCUT2D eigenvalue weighted by molar-refractivity contribution is 5.67. The first-order chi connectivity index (χ1) is 12.0. The van der Waals surface area contributed by atoms with Crippen molar-refractivity contribution in [1.82, 2.24) is 4.90 Å². The molecule has 0 aromatic heterocycles. The topological polar surface area (TPSA) is 43.7 Å². The molecule has 134 valence electrons. The molecule has 0 radical (unpaired) electrons. The number of aliphatic hydroxyl groups excluding tert-OH is 2. The fraction of sp³-hybridized carbons (Fsp3) is 0.455. The van der Waals surface area contributed by atoms with Crippen LogP contribution in [0.1, 0.15) is 32.3 Å². The lowest BCUT2D eigenvalue weighted by Crippen LogP contribution is -2.53. The number of benzene rings is 2. The average molecular weight is 339 g/mol. The molecule has 3 rings (SSSR count). The number of likely N-dealkylation sites (tertiary alicyclic amines) is 1. The van der Waals surface area contributed by atoms with E-state index in [9.17, 15) is 10.2 Å². The van der Waals surface area contributed by atoms with E-state index < -0.39 is 6.10 Å². The molecule has 1 aliphatic heterocycles. The lowest BCUT2D eigenvalue weighted by molar-refractivity contribution is -0.0247. The van der Waals surface area contributed by atoms with Crippen molar-refractivity contribution in [2.24, 2.45) is 0 Å². The smallest absolute Gasteiger partial charge is 0.0707 e. The Bertz CT molecular complexity index is 683. The van der Waals surface area contributed by atoms with Crippen molar-refractivity contribution in [3.63, 3.8) is 0 Å². The van der Waals surface area contributed by atoms with Crippen LogP contribution in [0, 0.1) is 0 Å². The third-order valence-electron chi connectivity index (χ3n) is 5.31. The predicted molar refractivity (Wildman–Crippen MR) is 102 cm³/mol. The van der Waals surface area contributed by atoms with Gasteiger partial charge in [-0.1, -0.05) is 54.6 Å². The van der Waals surface area contributed by atoms with Gasteiger partial charge in [0.05, 0.1) is 12.2 Å². The number of nitrogens with zero attached hydrogens (tertiary/aromatic N) is 1. The summed E-state index contributed by atoms with van der Waals surface area (Å²) < 4.78 is 0. The zero-order chi connectivity index (χ0) is 17.9. The fourth-order valence-electron chi connectivity index (χ4n) is 3.92. The van der Waals surface area contributed by atoms with Gasteiger partial charge in [-0.3, -0.25) is 4.90 Å². The molecule has 1 saturated heterocycles. The van der Waals surface area contributed by atoms with Crippen molar-refractivity contribution in [3.8, 4) is 11.1 Å². The van der Waals surface area contributed by atoms with E-state index in [0.29, 0.717) is 13.0 Å². The fourth-order valence-corrected chi connectivity index (χ4v) is 3.92. The molecular weight excluding hydrogens is 310 g/mol. The van der Waals surface area contributed by atoms with E-state index in [2.05, 4.69) is 43.0 Å². The van der Waals surface area contributed by atoms with Crippen LogP contribution in [0.15, 0.2) is 54.6 Å². The molecular formula is C22H29NO2. The van der Waals surface area contributed by atoms with Gasteiger partial charge in [0.2, 0.25) is 0 Å². The summed E-state index contributed by atoms with van der Waals surface area (Å²) in [5, 5.41) is 20.6. The number of hydrogen-bond acceptors (Lipinski definition) is 3. The monoisotopic (exact) mass is 339 g/mol. The van der Waals surface area contributed by atoms with E-state index >= 15 is 0 Å². The Hall–Kier alpha value is -1.68. The van der Waals surface area contributed by atoms with Gasteiger partial charge in [-0.15, -0.1) is 0 Å². The summed E-state index contributed by atoms with van der Waals surface area (Å²) in [5.74, 6) is 0. The summed E-state index contributed by atoms with van der Waals surface area (Å²) in [5.41, 5.74) is 3.48. The first kappa shape index (κ1) is 18.1. The van der Waals surface area contributed by atoms with Gasteiger partial charge in [0.15, 0.2) is 0 Å². The Morgan fingerprint density at radius 1 is 1.08 bits per heavy atom. The van der Waals surface area contributed by atoms with Crippen LogP contribution in [-0.2, 0) is 6.42 Å². The van der Waals surface area contributed by atoms with Crippen molar-refractivity contribution >= 4 is 0 Å². The van der Waals surface area contributed by atoms with Gasteiger partial charge in [0.25, 0.3) is 0 Å². The number of β-amino-alcohol motifs (C(OH)–C–C–N with tert-alkyl or cyclic N) is 1. The zero-order valence-corrected chi connectivity index (χ0v) is 15.2. The number of hydrogen-bond donors (Lipinski definition) is 2. The summed E-state index contributed by atoms with van der Waals surface area (Å²) in [6.07, 6.45) is 1.55. The van der Waals surface area contributed by atoms with Crippen LogP contribution in [0.2, 0.25) is 0 Å². The van der Waals surface area contributed by atoms with Gasteiger partial charge in [0.1, 0.15) is 0 Å². The maximum atomic E-state index is 10.7. The molecule has 3 nitrogen and oxygen atoms in total. The third-order valence-corrected chi connectivity index (χ3v) is 5.31. The molecule has 2 N–H and O–H groups in total. The number of aliphatic hydroxyl groups is 2. The average Bonchev–Trinajstić information content (AvgIpc) is 2.58.